The first-order valence-corrected chi connectivity index (χ1v) is 10.4. The van der Waals surface area contributed by atoms with Gasteiger partial charge in [-0.25, -0.2) is 13.4 Å². The Balaban J connectivity index is 1.81. The number of para-hydroxylation sites is 2. The largest absolute Gasteiger partial charge is 0.379 e. The van der Waals surface area contributed by atoms with Gasteiger partial charge in [0, 0.05) is 31.8 Å². The number of fused-ring (bicyclic) bond motifs is 1. The van der Waals surface area contributed by atoms with Crippen LogP contribution in [0.5, 0.6) is 0 Å². The highest BCUT2D eigenvalue weighted by Crippen LogP contribution is 2.27. The monoisotopic (exact) mass is 388 g/mol. The molecule has 27 heavy (non-hydrogen) atoms. The zero-order valence-corrected chi connectivity index (χ0v) is 15.9. The second kappa shape index (κ2) is 7.36. The van der Waals surface area contributed by atoms with Crippen LogP contribution in [0.3, 0.4) is 0 Å². The topological polar surface area (TPSA) is 107 Å². The fourth-order valence-corrected chi connectivity index (χ4v) is 3.66. The van der Waals surface area contributed by atoms with E-state index in [1.807, 2.05) is 31.2 Å². The van der Waals surface area contributed by atoms with Crippen molar-refractivity contribution in [2.75, 3.05) is 18.1 Å². The first-order valence-electron chi connectivity index (χ1n) is 8.47. The Bertz CT molecular complexity index is 1110. The summed E-state index contributed by atoms with van der Waals surface area (Å²) in [6.45, 7) is 3.25. The predicted octanol–water partition coefficient (Wildman–Crippen LogP) is 3.02. The molecular formula is C18H20N4O4S. The average molecular weight is 388 g/mol. The lowest BCUT2D eigenvalue weighted by molar-refractivity contribution is -0.384. The molecular weight excluding hydrogens is 368 g/mol. The van der Waals surface area contributed by atoms with Gasteiger partial charge in [0.05, 0.1) is 20.9 Å². The van der Waals surface area contributed by atoms with E-state index in [2.05, 4.69) is 14.9 Å². The van der Waals surface area contributed by atoms with E-state index < -0.39 is 14.8 Å². The first-order chi connectivity index (χ1) is 12.8. The summed E-state index contributed by atoms with van der Waals surface area (Å²) in [7, 11) is -3.51. The lowest BCUT2D eigenvalue weighted by atomic mass is 10.2. The molecule has 2 aromatic carbocycles. The van der Waals surface area contributed by atoms with E-state index in [0.717, 1.165) is 35.7 Å². The molecule has 0 saturated carbocycles. The van der Waals surface area contributed by atoms with Crippen LogP contribution in [0.1, 0.15) is 12.7 Å². The van der Waals surface area contributed by atoms with Crippen LogP contribution in [0.4, 0.5) is 11.4 Å². The quantitative estimate of drug-likeness (QED) is 0.492. The normalized spacial score (nSPS) is 11.6. The summed E-state index contributed by atoms with van der Waals surface area (Å²) in [4.78, 5) is 15.3. The number of hydrogen-bond donors (Lipinski definition) is 1. The van der Waals surface area contributed by atoms with Crippen molar-refractivity contribution in [1.29, 1.82) is 0 Å². The van der Waals surface area contributed by atoms with Crippen molar-refractivity contribution in [1.82, 2.24) is 9.55 Å². The molecule has 0 saturated heterocycles. The molecule has 0 radical (unpaired) electrons. The predicted molar refractivity (Wildman–Crippen MR) is 104 cm³/mol. The minimum atomic E-state index is -3.51. The fraction of sp³-hybridized carbons (Fsp3) is 0.278. The number of nitro groups is 1. The van der Waals surface area contributed by atoms with Gasteiger partial charge in [0.15, 0.2) is 9.84 Å². The average Bonchev–Trinajstić information content (AvgIpc) is 2.98. The SMILES string of the molecule is CCn1c(CCNc2ccc(S(C)(=O)=O)cc2[N+](=O)[O-])nc2ccccc21. The minimum absolute atomic E-state index is 0.0764. The fourth-order valence-electron chi connectivity index (χ4n) is 3.02. The highest BCUT2D eigenvalue weighted by Gasteiger charge is 2.18. The molecule has 0 atom stereocenters. The lowest BCUT2D eigenvalue weighted by Crippen LogP contribution is -2.11. The first kappa shape index (κ1) is 18.8. The number of aryl methyl sites for hydroxylation is 1. The molecule has 0 bridgehead atoms. The van der Waals surface area contributed by atoms with Crippen molar-refractivity contribution < 1.29 is 13.3 Å². The molecule has 3 rings (SSSR count). The number of aromatic nitrogens is 2. The zero-order chi connectivity index (χ0) is 19.6. The van der Waals surface area contributed by atoms with Crippen LogP contribution in [0.2, 0.25) is 0 Å². The molecule has 0 amide bonds. The number of imidazole rings is 1. The van der Waals surface area contributed by atoms with E-state index in [0.29, 0.717) is 13.0 Å². The molecule has 3 aromatic rings. The summed E-state index contributed by atoms with van der Waals surface area (Å²) < 4.78 is 25.3. The maximum atomic E-state index is 11.6. The molecule has 1 N–H and O–H groups in total. The summed E-state index contributed by atoms with van der Waals surface area (Å²) in [5.74, 6) is 0.890. The van der Waals surface area contributed by atoms with Gasteiger partial charge in [-0.15, -0.1) is 0 Å². The van der Waals surface area contributed by atoms with Gasteiger partial charge in [-0.3, -0.25) is 10.1 Å². The number of anilines is 1. The minimum Gasteiger partial charge on any atom is -0.379 e. The van der Waals surface area contributed by atoms with E-state index in [9.17, 15) is 18.5 Å². The number of hydrogen-bond acceptors (Lipinski definition) is 6. The van der Waals surface area contributed by atoms with Crippen molar-refractivity contribution >= 4 is 32.2 Å². The zero-order valence-electron chi connectivity index (χ0n) is 15.0. The Labute approximate surface area is 156 Å². The Kier molecular flexibility index (Phi) is 5.13. The number of sulfone groups is 1. The maximum Gasteiger partial charge on any atom is 0.293 e. The van der Waals surface area contributed by atoms with Gasteiger partial charge in [0.25, 0.3) is 5.69 Å². The van der Waals surface area contributed by atoms with Crippen molar-refractivity contribution in [2.24, 2.45) is 0 Å². The van der Waals surface area contributed by atoms with E-state index in [1.165, 1.54) is 12.1 Å². The number of nitrogens with one attached hydrogen (secondary N) is 1. The molecule has 0 spiro atoms. The molecule has 0 unspecified atom stereocenters. The molecule has 1 heterocycles. The van der Waals surface area contributed by atoms with Gasteiger partial charge in [0.2, 0.25) is 0 Å². The van der Waals surface area contributed by atoms with Crippen molar-refractivity contribution in [3.63, 3.8) is 0 Å². The van der Waals surface area contributed by atoms with Gasteiger partial charge < -0.3 is 9.88 Å². The molecule has 1 aromatic heterocycles. The Morgan fingerprint density at radius 3 is 2.63 bits per heavy atom. The van der Waals surface area contributed by atoms with Crippen LogP contribution in [-0.2, 0) is 22.8 Å². The summed E-state index contributed by atoms with van der Waals surface area (Å²) in [5, 5.41) is 14.3. The summed E-state index contributed by atoms with van der Waals surface area (Å²) in [6, 6.07) is 11.7. The molecule has 0 fully saturated rings. The summed E-state index contributed by atoms with van der Waals surface area (Å²) >= 11 is 0. The highest BCUT2D eigenvalue weighted by atomic mass is 32.2. The molecule has 0 aliphatic rings. The molecule has 8 nitrogen and oxygen atoms in total. The van der Waals surface area contributed by atoms with Gasteiger partial charge in [-0.05, 0) is 31.2 Å². The number of nitrogens with zero attached hydrogens (tertiary/aromatic N) is 3. The van der Waals surface area contributed by atoms with Crippen molar-refractivity contribution in [2.45, 2.75) is 24.8 Å². The second-order valence-electron chi connectivity index (χ2n) is 6.15. The van der Waals surface area contributed by atoms with Crippen molar-refractivity contribution in [3.05, 3.63) is 58.4 Å². The highest BCUT2D eigenvalue weighted by molar-refractivity contribution is 7.90. The molecule has 0 aliphatic carbocycles. The number of benzene rings is 2. The Hall–Kier alpha value is -2.94. The lowest BCUT2D eigenvalue weighted by Gasteiger charge is -2.09. The van der Waals surface area contributed by atoms with Gasteiger partial charge in [-0.2, -0.15) is 0 Å². The maximum absolute atomic E-state index is 11.6. The standard InChI is InChI=1S/C18H20N4O4S/c1-3-21-16-7-5-4-6-15(16)20-18(21)10-11-19-14-9-8-13(27(2,25)26)12-17(14)22(23)24/h4-9,12,19H,3,10-11H2,1-2H3. The Morgan fingerprint density at radius 1 is 1.22 bits per heavy atom. The smallest absolute Gasteiger partial charge is 0.293 e. The van der Waals surface area contributed by atoms with Crippen LogP contribution in [0.15, 0.2) is 47.4 Å². The third-order valence-electron chi connectivity index (χ3n) is 4.31. The van der Waals surface area contributed by atoms with E-state index >= 15 is 0 Å². The van der Waals surface area contributed by atoms with Crippen LogP contribution >= 0.6 is 0 Å². The van der Waals surface area contributed by atoms with Gasteiger partial charge in [-0.1, -0.05) is 12.1 Å². The summed E-state index contributed by atoms with van der Waals surface area (Å²) in [6.07, 6.45) is 1.60. The van der Waals surface area contributed by atoms with Crippen LogP contribution in [0, 0.1) is 10.1 Å². The van der Waals surface area contributed by atoms with Crippen LogP contribution in [-0.4, -0.2) is 35.7 Å². The second-order valence-corrected chi connectivity index (χ2v) is 8.16. The van der Waals surface area contributed by atoms with Crippen LogP contribution in [0.25, 0.3) is 11.0 Å². The van der Waals surface area contributed by atoms with Crippen LogP contribution < -0.4 is 5.32 Å². The van der Waals surface area contributed by atoms with E-state index in [1.54, 1.807) is 0 Å². The number of nitro benzene ring substituents is 1. The van der Waals surface area contributed by atoms with E-state index in [-0.39, 0.29) is 16.3 Å². The summed E-state index contributed by atoms with van der Waals surface area (Å²) in [5.41, 5.74) is 1.99. The third kappa shape index (κ3) is 3.92. The molecule has 9 heteroatoms. The Morgan fingerprint density at radius 2 is 1.96 bits per heavy atom. The van der Waals surface area contributed by atoms with Gasteiger partial charge in [0.1, 0.15) is 11.5 Å². The third-order valence-corrected chi connectivity index (χ3v) is 5.42. The number of rotatable bonds is 7. The molecule has 0 aliphatic heterocycles. The molecule has 142 valence electrons. The van der Waals surface area contributed by atoms with E-state index in [4.69, 9.17) is 0 Å². The van der Waals surface area contributed by atoms with Gasteiger partial charge >= 0.3 is 0 Å². The van der Waals surface area contributed by atoms with Crippen molar-refractivity contribution in [3.8, 4) is 0 Å².